The third kappa shape index (κ3) is 5.81. The highest BCUT2D eigenvalue weighted by molar-refractivity contribution is 9.10. The first-order valence-corrected chi connectivity index (χ1v) is 15.6. The minimum Gasteiger partial charge on any atom is -0.355 e. The van der Waals surface area contributed by atoms with Crippen LogP contribution in [0, 0.1) is 5.92 Å². The maximum absolute atomic E-state index is 13.8. The SMILES string of the molecule is CCC(=O)N1CCc2cc(Br)cc(S(=O)(=O)N3CCC[C@@H](C(=O)NCCN4CCCC[C@H]4CC)C3)c21. The summed E-state index contributed by atoms with van der Waals surface area (Å²) in [5.74, 6) is -0.518. The van der Waals surface area contributed by atoms with Crippen LogP contribution in [0.25, 0.3) is 0 Å². The fourth-order valence-corrected chi connectivity index (χ4v) is 8.35. The lowest BCUT2D eigenvalue weighted by molar-refractivity contribution is -0.126. The first-order valence-electron chi connectivity index (χ1n) is 13.4. The highest BCUT2D eigenvalue weighted by atomic mass is 79.9. The summed E-state index contributed by atoms with van der Waals surface area (Å²) in [5.41, 5.74) is 1.36. The summed E-state index contributed by atoms with van der Waals surface area (Å²) in [6.07, 6.45) is 7.09. The van der Waals surface area contributed by atoms with Crippen LogP contribution in [0.4, 0.5) is 5.69 Å². The minimum atomic E-state index is -3.88. The van der Waals surface area contributed by atoms with E-state index in [1.165, 1.54) is 23.6 Å². The van der Waals surface area contributed by atoms with E-state index in [0.717, 1.165) is 25.1 Å². The lowest BCUT2D eigenvalue weighted by Crippen LogP contribution is -2.48. The average Bonchev–Trinajstić information content (AvgIpc) is 3.31. The van der Waals surface area contributed by atoms with Gasteiger partial charge in [-0.15, -0.1) is 0 Å². The number of likely N-dealkylation sites (tertiary alicyclic amines) is 1. The van der Waals surface area contributed by atoms with E-state index in [2.05, 4.69) is 33.1 Å². The van der Waals surface area contributed by atoms with Gasteiger partial charge in [-0.3, -0.25) is 14.5 Å². The Morgan fingerprint density at radius 2 is 1.89 bits per heavy atom. The summed E-state index contributed by atoms with van der Waals surface area (Å²) in [5, 5.41) is 3.07. The van der Waals surface area contributed by atoms with Gasteiger partial charge in [0.2, 0.25) is 21.8 Å². The molecule has 0 aromatic heterocycles. The van der Waals surface area contributed by atoms with E-state index >= 15 is 0 Å². The van der Waals surface area contributed by atoms with Gasteiger partial charge in [0.15, 0.2) is 0 Å². The smallest absolute Gasteiger partial charge is 0.245 e. The Bertz CT molecular complexity index is 1080. The second kappa shape index (κ2) is 11.9. The predicted molar refractivity (Wildman–Crippen MR) is 144 cm³/mol. The summed E-state index contributed by atoms with van der Waals surface area (Å²) in [7, 11) is -3.88. The van der Waals surface area contributed by atoms with Crippen LogP contribution in [0.5, 0.6) is 0 Å². The van der Waals surface area contributed by atoms with Crippen molar-refractivity contribution in [2.24, 2.45) is 5.92 Å². The van der Waals surface area contributed by atoms with Gasteiger partial charge in [-0.25, -0.2) is 8.42 Å². The summed E-state index contributed by atoms with van der Waals surface area (Å²) in [4.78, 5) is 29.8. The standard InChI is InChI=1S/C26H39BrN4O4S/c1-3-22-9-5-6-12-29(22)15-11-28-26(33)20-8-7-13-30(18-20)36(34,35)23-17-21(27)16-19-10-14-31(25(19)23)24(32)4-2/h16-17,20,22H,3-15,18H2,1-2H3,(H,28,33)/t20-,22-/m1/s1. The molecule has 3 heterocycles. The number of piperidine rings is 2. The van der Waals surface area contributed by atoms with E-state index in [0.29, 0.717) is 61.5 Å². The molecule has 0 bridgehead atoms. The van der Waals surface area contributed by atoms with Gasteiger partial charge >= 0.3 is 0 Å². The average molecular weight is 584 g/mol. The molecule has 200 valence electrons. The Labute approximate surface area is 223 Å². The third-order valence-electron chi connectivity index (χ3n) is 7.89. The van der Waals surface area contributed by atoms with Gasteiger partial charge in [-0.05, 0) is 62.8 Å². The zero-order chi connectivity index (χ0) is 25.9. The summed E-state index contributed by atoms with van der Waals surface area (Å²) in [6, 6.07) is 4.09. The molecule has 8 nitrogen and oxygen atoms in total. The molecule has 1 N–H and O–H groups in total. The summed E-state index contributed by atoms with van der Waals surface area (Å²) < 4.78 is 29.8. The maximum atomic E-state index is 13.8. The highest BCUT2D eigenvalue weighted by Crippen LogP contribution is 2.39. The Balaban J connectivity index is 1.44. The zero-order valence-electron chi connectivity index (χ0n) is 21.5. The van der Waals surface area contributed by atoms with Crippen LogP contribution in [0.2, 0.25) is 0 Å². The molecule has 36 heavy (non-hydrogen) atoms. The van der Waals surface area contributed by atoms with Gasteiger partial charge in [-0.1, -0.05) is 36.2 Å². The van der Waals surface area contributed by atoms with Crippen molar-refractivity contribution in [1.29, 1.82) is 0 Å². The molecule has 0 radical (unpaired) electrons. The lowest BCUT2D eigenvalue weighted by atomic mass is 9.98. The molecule has 2 atom stereocenters. The van der Waals surface area contributed by atoms with Crippen LogP contribution < -0.4 is 10.2 Å². The highest BCUT2D eigenvalue weighted by Gasteiger charge is 2.38. The second-order valence-electron chi connectivity index (χ2n) is 10.1. The second-order valence-corrected chi connectivity index (χ2v) is 13.0. The number of carbonyl (C=O) groups is 2. The normalized spacial score (nSPS) is 23.5. The molecule has 1 aromatic rings. The zero-order valence-corrected chi connectivity index (χ0v) is 23.9. The lowest BCUT2D eigenvalue weighted by Gasteiger charge is -2.35. The predicted octanol–water partition coefficient (Wildman–Crippen LogP) is 3.53. The maximum Gasteiger partial charge on any atom is 0.245 e. The topological polar surface area (TPSA) is 90.0 Å². The summed E-state index contributed by atoms with van der Waals surface area (Å²) >= 11 is 3.46. The van der Waals surface area contributed by atoms with E-state index in [-0.39, 0.29) is 29.2 Å². The van der Waals surface area contributed by atoms with Crippen molar-refractivity contribution in [3.8, 4) is 0 Å². The van der Waals surface area contributed by atoms with Crippen molar-refractivity contribution in [2.75, 3.05) is 44.2 Å². The van der Waals surface area contributed by atoms with E-state index in [4.69, 9.17) is 0 Å². The van der Waals surface area contributed by atoms with Crippen molar-refractivity contribution in [3.05, 3.63) is 22.2 Å². The van der Waals surface area contributed by atoms with E-state index in [1.54, 1.807) is 17.9 Å². The molecule has 2 saturated heterocycles. The number of rotatable bonds is 8. The quantitative estimate of drug-likeness (QED) is 0.506. The molecule has 0 unspecified atom stereocenters. The monoisotopic (exact) mass is 582 g/mol. The molecule has 0 spiro atoms. The molecule has 1 aromatic carbocycles. The van der Waals surface area contributed by atoms with Crippen LogP contribution in [0.1, 0.15) is 64.4 Å². The van der Waals surface area contributed by atoms with Crippen molar-refractivity contribution in [3.63, 3.8) is 0 Å². The van der Waals surface area contributed by atoms with Crippen LogP contribution in [-0.2, 0) is 26.0 Å². The number of carbonyl (C=O) groups excluding carboxylic acids is 2. The van der Waals surface area contributed by atoms with Crippen molar-refractivity contribution in [2.45, 2.75) is 76.2 Å². The van der Waals surface area contributed by atoms with Gasteiger partial charge < -0.3 is 10.2 Å². The third-order valence-corrected chi connectivity index (χ3v) is 10.2. The fraction of sp³-hybridized carbons (Fsp3) is 0.692. The molecule has 3 aliphatic heterocycles. The van der Waals surface area contributed by atoms with Gasteiger partial charge in [0.1, 0.15) is 4.90 Å². The van der Waals surface area contributed by atoms with Gasteiger partial charge in [0.05, 0.1) is 11.6 Å². The summed E-state index contributed by atoms with van der Waals surface area (Å²) in [6.45, 7) is 7.54. The number of benzene rings is 1. The van der Waals surface area contributed by atoms with Gasteiger partial charge in [-0.2, -0.15) is 4.31 Å². The van der Waals surface area contributed by atoms with Crippen LogP contribution >= 0.6 is 15.9 Å². The molecule has 4 rings (SSSR count). The largest absolute Gasteiger partial charge is 0.355 e. The molecule has 0 saturated carbocycles. The van der Waals surface area contributed by atoms with Gasteiger partial charge in [0.25, 0.3) is 0 Å². The molecule has 2 fully saturated rings. The number of nitrogens with zero attached hydrogens (tertiary/aromatic N) is 3. The van der Waals surface area contributed by atoms with E-state index < -0.39 is 10.0 Å². The fourth-order valence-electron chi connectivity index (χ4n) is 5.90. The number of sulfonamides is 1. The molecule has 2 amide bonds. The van der Waals surface area contributed by atoms with Crippen LogP contribution in [-0.4, -0.2) is 74.7 Å². The first-order chi connectivity index (χ1) is 17.3. The minimum absolute atomic E-state index is 0.0674. The number of hydrogen-bond acceptors (Lipinski definition) is 5. The Morgan fingerprint density at radius 3 is 2.64 bits per heavy atom. The number of hydrogen-bond donors (Lipinski definition) is 1. The van der Waals surface area contributed by atoms with Gasteiger partial charge in [0, 0.05) is 49.7 Å². The Kier molecular flexibility index (Phi) is 9.12. The first kappa shape index (κ1) is 27.5. The van der Waals surface area contributed by atoms with E-state index in [1.807, 2.05) is 6.07 Å². The molecular weight excluding hydrogens is 544 g/mol. The van der Waals surface area contributed by atoms with E-state index in [9.17, 15) is 18.0 Å². The Morgan fingerprint density at radius 1 is 1.08 bits per heavy atom. The van der Waals surface area contributed by atoms with Crippen LogP contribution in [0.15, 0.2) is 21.5 Å². The van der Waals surface area contributed by atoms with Crippen LogP contribution in [0.3, 0.4) is 0 Å². The number of fused-ring (bicyclic) bond motifs is 1. The molecule has 10 heteroatoms. The number of anilines is 1. The van der Waals surface area contributed by atoms with Crippen molar-refractivity contribution in [1.82, 2.24) is 14.5 Å². The van der Waals surface area contributed by atoms with Crippen molar-refractivity contribution < 1.29 is 18.0 Å². The molecular formula is C26H39BrN4O4S. The number of nitrogens with one attached hydrogen (secondary N) is 1. The number of halogens is 1. The molecule has 0 aliphatic carbocycles. The molecule has 3 aliphatic rings. The number of amides is 2. The van der Waals surface area contributed by atoms with Crippen molar-refractivity contribution >= 4 is 43.5 Å². The Hall–Kier alpha value is -1.49.